The molecule has 0 spiro atoms. The number of rotatable bonds is 16. The average Bonchev–Trinajstić information content (AvgIpc) is 3.42. The predicted molar refractivity (Wildman–Crippen MR) is 154 cm³/mol. The number of nitrogens with zero attached hydrogens (tertiary/aromatic N) is 6. The van der Waals surface area contributed by atoms with Crippen molar-refractivity contribution in [3.8, 4) is 6.07 Å². The number of fused-ring (bicyclic) bond motifs is 1. The summed E-state index contributed by atoms with van der Waals surface area (Å²) in [6, 6.07) is 4.65. The van der Waals surface area contributed by atoms with Crippen molar-refractivity contribution in [2.24, 2.45) is 16.8 Å². The number of nitriles is 1. The molecule has 0 fully saturated rings. The van der Waals surface area contributed by atoms with E-state index in [2.05, 4.69) is 26.5 Å². The van der Waals surface area contributed by atoms with Crippen molar-refractivity contribution in [2.45, 2.75) is 58.5 Å². The summed E-state index contributed by atoms with van der Waals surface area (Å²) in [5.74, 6) is -2.64. The Kier molecular flexibility index (Phi) is 13.0. The molecule has 0 aliphatic carbocycles. The number of aliphatic imine (C=N–C) groups is 1. The molecule has 0 aliphatic rings. The number of methoxy groups -OCH3 is 2. The number of aromatic nitrogens is 3. The summed E-state index contributed by atoms with van der Waals surface area (Å²) in [5.41, 5.74) is -1.25. The highest BCUT2D eigenvalue weighted by Crippen LogP contribution is 2.36. The van der Waals surface area contributed by atoms with Crippen molar-refractivity contribution < 1.29 is 38.1 Å². The minimum Gasteiger partial charge on any atom is -0.468 e. The highest BCUT2D eigenvalue weighted by atomic mass is 16.6. The van der Waals surface area contributed by atoms with Gasteiger partial charge in [-0.05, 0) is 19.1 Å². The minimum atomic E-state index is -1.98. The maximum absolute atomic E-state index is 13.0. The summed E-state index contributed by atoms with van der Waals surface area (Å²) in [5, 5.41) is 17.6. The van der Waals surface area contributed by atoms with Crippen LogP contribution in [0.4, 0.5) is 5.82 Å². The van der Waals surface area contributed by atoms with Crippen molar-refractivity contribution in [1.29, 1.82) is 5.26 Å². The van der Waals surface area contributed by atoms with Crippen molar-refractivity contribution in [3.05, 3.63) is 24.2 Å². The molecule has 2 aromatic heterocycles. The molecule has 0 aliphatic heterocycles. The van der Waals surface area contributed by atoms with Gasteiger partial charge >= 0.3 is 17.9 Å². The van der Waals surface area contributed by atoms with Crippen molar-refractivity contribution in [2.75, 3.05) is 41.7 Å². The first kappa shape index (κ1) is 35.1. The first-order chi connectivity index (χ1) is 20.3. The molecule has 15 nitrogen and oxygen atoms in total. The molecule has 2 heterocycles. The van der Waals surface area contributed by atoms with E-state index >= 15 is 0 Å². The summed E-state index contributed by atoms with van der Waals surface area (Å²) in [6.45, 7) is 7.49. The molecule has 4 atom stereocenters. The number of esters is 3. The van der Waals surface area contributed by atoms with Gasteiger partial charge in [-0.15, -0.1) is 0 Å². The van der Waals surface area contributed by atoms with E-state index in [1.165, 1.54) is 25.1 Å². The van der Waals surface area contributed by atoms with Crippen LogP contribution in [0, 0.1) is 23.2 Å². The van der Waals surface area contributed by atoms with Gasteiger partial charge in [0.2, 0.25) is 5.60 Å². The van der Waals surface area contributed by atoms with Gasteiger partial charge in [0.25, 0.3) is 0 Å². The summed E-state index contributed by atoms with van der Waals surface area (Å²) in [7, 11) is 6.12. The predicted octanol–water partition coefficient (Wildman–Crippen LogP) is 1.79. The Bertz CT molecular complexity index is 1320. The van der Waals surface area contributed by atoms with Crippen molar-refractivity contribution in [1.82, 2.24) is 24.8 Å². The third-order valence-electron chi connectivity index (χ3n) is 6.24. The summed E-state index contributed by atoms with van der Waals surface area (Å²) < 4.78 is 29.3. The van der Waals surface area contributed by atoms with Gasteiger partial charge in [0.15, 0.2) is 18.0 Å². The molecular formula is C28H41N7O8. The van der Waals surface area contributed by atoms with Crippen LogP contribution >= 0.6 is 0 Å². The van der Waals surface area contributed by atoms with E-state index in [0.29, 0.717) is 11.3 Å². The number of ether oxygens (including phenoxy) is 5. The number of hydrogen-bond acceptors (Lipinski definition) is 13. The van der Waals surface area contributed by atoms with Crippen LogP contribution in [0.1, 0.15) is 46.4 Å². The second kappa shape index (κ2) is 15.9. The molecule has 1 N–H and O–H groups in total. The lowest BCUT2D eigenvalue weighted by Gasteiger charge is -2.37. The lowest BCUT2D eigenvalue weighted by Crippen LogP contribution is -2.54. The van der Waals surface area contributed by atoms with E-state index in [1.807, 2.05) is 0 Å². The Morgan fingerprint density at radius 3 is 2.30 bits per heavy atom. The van der Waals surface area contributed by atoms with Gasteiger partial charge in [-0.1, -0.05) is 27.7 Å². The van der Waals surface area contributed by atoms with Gasteiger partial charge in [0.05, 0.1) is 44.3 Å². The van der Waals surface area contributed by atoms with Crippen LogP contribution in [0.5, 0.6) is 0 Å². The zero-order valence-electron chi connectivity index (χ0n) is 26.1. The fourth-order valence-corrected chi connectivity index (χ4v) is 3.67. The lowest BCUT2D eigenvalue weighted by molar-refractivity contribution is -0.201. The van der Waals surface area contributed by atoms with Gasteiger partial charge in [-0.3, -0.25) is 19.7 Å². The molecule has 43 heavy (non-hydrogen) atoms. The zero-order chi connectivity index (χ0) is 32.3. The Balaban J connectivity index is 2.67. The summed E-state index contributed by atoms with van der Waals surface area (Å²) in [4.78, 5) is 48.2. The molecular weight excluding hydrogens is 562 g/mol. The first-order valence-electron chi connectivity index (χ1n) is 13.6. The van der Waals surface area contributed by atoms with E-state index in [-0.39, 0.29) is 12.4 Å². The Morgan fingerprint density at radius 1 is 1.09 bits per heavy atom. The molecule has 0 amide bonds. The highest BCUT2D eigenvalue weighted by molar-refractivity contribution is 5.75. The monoisotopic (exact) mass is 603 g/mol. The van der Waals surface area contributed by atoms with Gasteiger partial charge in [-0.25, -0.2) is 14.5 Å². The number of hydrogen-bond donors (Lipinski definition) is 1. The van der Waals surface area contributed by atoms with Crippen LogP contribution in [0.15, 0.2) is 23.5 Å². The fourth-order valence-electron chi connectivity index (χ4n) is 3.67. The quantitative estimate of drug-likeness (QED) is 0.0734. The van der Waals surface area contributed by atoms with E-state index in [1.54, 1.807) is 72.1 Å². The summed E-state index contributed by atoms with van der Waals surface area (Å²) in [6.07, 6.45) is -0.0671. The average molecular weight is 604 g/mol. The number of carbonyl (C=O) groups is 3. The second-order valence-corrected chi connectivity index (χ2v) is 10.5. The Hall–Kier alpha value is -4.13. The largest absolute Gasteiger partial charge is 0.468 e. The normalized spacial score (nSPS) is 15.1. The zero-order valence-corrected chi connectivity index (χ0v) is 26.1. The SMILES string of the molecule is COC(=O)[C@H](C)NCOC[C@@](C#N)(OC)[C@@H](OC(=O)C(C)C)[C@@H](OC(=O)C(C)C)c1ccc2c(N=CN(C)C)ncnn12. The standard InChI is InChI=1S/C28H41N7O8/c1-17(2)25(36)42-22(20-10-11-21-24(31-15-34(6)7)30-14-33-35(20)21)23(43-26(37)18(3)4)28(12-29,40-9)13-41-16-32-19(5)27(38)39-8/h10-11,14-15,17-19,22-23,32H,13,16H2,1-9H3/t19-,22-,23-,28+/m0/s1. The van der Waals surface area contributed by atoms with Crippen LogP contribution in [0.2, 0.25) is 0 Å². The number of carbonyl (C=O) groups excluding carboxylic acids is 3. The van der Waals surface area contributed by atoms with E-state index in [0.717, 1.165) is 0 Å². The van der Waals surface area contributed by atoms with E-state index < -0.39 is 60.2 Å². The van der Waals surface area contributed by atoms with E-state index in [9.17, 15) is 19.6 Å². The molecule has 2 rings (SSSR count). The van der Waals surface area contributed by atoms with Gasteiger partial charge < -0.3 is 28.6 Å². The smallest absolute Gasteiger partial charge is 0.322 e. The van der Waals surface area contributed by atoms with Crippen molar-refractivity contribution in [3.63, 3.8) is 0 Å². The summed E-state index contributed by atoms with van der Waals surface area (Å²) >= 11 is 0. The van der Waals surface area contributed by atoms with Crippen LogP contribution in [0.25, 0.3) is 5.52 Å². The molecule has 0 saturated carbocycles. The first-order valence-corrected chi connectivity index (χ1v) is 13.6. The van der Waals surface area contributed by atoms with Gasteiger partial charge in [0.1, 0.15) is 24.0 Å². The van der Waals surface area contributed by atoms with E-state index in [4.69, 9.17) is 23.7 Å². The Labute approximate surface area is 251 Å². The van der Waals surface area contributed by atoms with Crippen LogP contribution in [-0.2, 0) is 38.1 Å². The highest BCUT2D eigenvalue weighted by Gasteiger charge is 2.51. The molecule has 0 bridgehead atoms. The van der Waals surface area contributed by atoms with Gasteiger partial charge in [-0.2, -0.15) is 10.4 Å². The molecule has 236 valence electrons. The Morgan fingerprint density at radius 2 is 1.74 bits per heavy atom. The molecule has 0 aromatic carbocycles. The second-order valence-electron chi connectivity index (χ2n) is 10.5. The lowest BCUT2D eigenvalue weighted by atomic mass is 9.92. The molecule has 0 radical (unpaired) electrons. The van der Waals surface area contributed by atoms with Crippen LogP contribution in [0.3, 0.4) is 0 Å². The topological polar surface area (TPSA) is 179 Å². The maximum atomic E-state index is 13.0. The minimum absolute atomic E-state index is 0.182. The number of nitrogens with one attached hydrogen (secondary N) is 1. The molecule has 2 aromatic rings. The van der Waals surface area contributed by atoms with Crippen molar-refractivity contribution >= 4 is 35.6 Å². The van der Waals surface area contributed by atoms with Crippen LogP contribution < -0.4 is 5.32 Å². The molecule has 15 heteroatoms. The maximum Gasteiger partial charge on any atom is 0.322 e. The molecule has 0 saturated heterocycles. The van der Waals surface area contributed by atoms with Gasteiger partial charge in [0, 0.05) is 21.2 Å². The third kappa shape index (κ3) is 8.93. The molecule has 0 unspecified atom stereocenters. The fraction of sp³-hybridized carbons (Fsp3) is 0.607. The third-order valence-corrected chi connectivity index (χ3v) is 6.24. The van der Waals surface area contributed by atoms with Crippen LogP contribution in [-0.4, -0.2) is 103 Å².